The molecule has 0 saturated carbocycles. The minimum Gasteiger partial charge on any atom is -0.411 e. The zero-order chi connectivity index (χ0) is 23.4. The van der Waals surface area contributed by atoms with Crippen LogP contribution in [0.25, 0.3) is 0 Å². The lowest BCUT2D eigenvalue weighted by Crippen LogP contribution is -2.39. The van der Waals surface area contributed by atoms with E-state index in [1.165, 1.54) is 17.4 Å². The third-order valence-corrected chi connectivity index (χ3v) is 4.99. The third kappa shape index (κ3) is 9.94. The van der Waals surface area contributed by atoms with Gasteiger partial charge in [0.25, 0.3) is 0 Å². The molecule has 0 fully saturated rings. The molecule has 3 unspecified atom stereocenters. The summed E-state index contributed by atoms with van der Waals surface area (Å²) in [6, 6.07) is 0. The first-order chi connectivity index (χ1) is 14.7. The molecule has 0 saturated heterocycles. The number of ether oxygens (including phenoxy) is 2. The lowest BCUT2D eigenvalue weighted by molar-refractivity contribution is -0.146. The zero-order valence-electron chi connectivity index (χ0n) is 19.6. The van der Waals surface area contributed by atoms with Crippen LogP contribution in [0.2, 0.25) is 0 Å². The van der Waals surface area contributed by atoms with E-state index < -0.39 is 6.29 Å². The summed E-state index contributed by atoms with van der Waals surface area (Å²) in [5.74, 6) is -0.0495. The smallest absolute Gasteiger partial charge is 0.178 e. The van der Waals surface area contributed by atoms with Gasteiger partial charge in [0.1, 0.15) is 0 Å². The average molecular weight is 431 g/mol. The van der Waals surface area contributed by atoms with Gasteiger partial charge < -0.3 is 19.9 Å². The molecule has 0 aromatic carbocycles. The molecule has 0 amide bonds. The van der Waals surface area contributed by atoms with E-state index in [-0.39, 0.29) is 12.0 Å². The van der Waals surface area contributed by atoms with Crippen molar-refractivity contribution < 1.29 is 19.9 Å². The second-order valence-corrected chi connectivity index (χ2v) is 8.44. The van der Waals surface area contributed by atoms with Crippen molar-refractivity contribution in [2.45, 2.75) is 72.7 Å². The third-order valence-electron chi connectivity index (χ3n) is 4.99. The van der Waals surface area contributed by atoms with Crippen molar-refractivity contribution >= 4 is 11.9 Å². The maximum absolute atomic E-state index is 9.06. The summed E-state index contributed by atoms with van der Waals surface area (Å²) in [4.78, 5) is 0. The van der Waals surface area contributed by atoms with Gasteiger partial charge in [0.15, 0.2) is 6.29 Å². The van der Waals surface area contributed by atoms with E-state index in [4.69, 9.17) is 19.9 Å². The summed E-state index contributed by atoms with van der Waals surface area (Å²) >= 11 is 0. The summed E-state index contributed by atoms with van der Waals surface area (Å²) in [5, 5.41) is 24.4. The van der Waals surface area contributed by atoms with Crippen molar-refractivity contribution in [3.63, 3.8) is 0 Å². The van der Waals surface area contributed by atoms with Crippen molar-refractivity contribution in [3.8, 4) is 0 Å². The van der Waals surface area contributed by atoms with Gasteiger partial charge >= 0.3 is 0 Å². The lowest BCUT2D eigenvalue weighted by Gasteiger charge is -2.36. The molecule has 0 aromatic rings. The Kier molecular flexibility index (Phi) is 11.8. The fourth-order valence-corrected chi connectivity index (χ4v) is 3.23. The van der Waals surface area contributed by atoms with E-state index in [1.807, 2.05) is 19.9 Å². The molecular weight excluding hydrogens is 392 g/mol. The summed E-state index contributed by atoms with van der Waals surface area (Å²) < 4.78 is 11.6. The van der Waals surface area contributed by atoms with Crippen LogP contribution in [0.1, 0.15) is 60.3 Å². The molecule has 31 heavy (non-hydrogen) atoms. The molecule has 2 aliphatic rings. The highest BCUT2D eigenvalue weighted by atomic mass is 16.7. The van der Waals surface area contributed by atoms with Crippen molar-refractivity contribution in [1.29, 1.82) is 0 Å². The van der Waals surface area contributed by atoms with Crippen molar-refractivity contribution in [2.24, 2.45) is 16.2 Å². The van der Waals surface area contributed by atoms with Crippen LogP contribution in [0.3, 0.4) is 0 Å². The lowest BCUT2D eigenvalue weighted by atomic mass is 9.80. The SMILES string of the molecule is C=C(C)CCC=C(C)C.C=C(C)CCOC1C=C(/C=N/O)C2C/C(=N/O)C(C)=CC2O1. The second-order valence-electron chi connectivity index (χ2n) is 8.44. The monoisotopic (exact) mass is 430 g/mol. The Morgan fingerprint density at radius 1 is 1.16 bits per heavy atom. The predicted molar refractivity (Wildman–Crippen MR) is 127 cm³/mol. The number of fused-ring (bicyclic) bond motifs is 1. The van der Waals surface area contributed by atoms with Crippen molar-refractivity contribution in [3.05, 3.63) is 59.3 Å². The number of rotatable bonds is 8. The van der Waals surface area contributed by atoms with E-state index in [0.717, 1.165) is 36.0 Å². The van der Waals surface area contributed by atoms with Gasteiger partial charge in [0.05, 0.1) is 24.6 Å². The molecule has 1 aliphatic heterocycles. The summed E-state index contributed by atoms with van der Waals surface area (Å²) in [5.41, 5.74) is 6.02. The highest BCUT2D eigenvalue weighted by Gasteiger charge is 2.36. The van der Waals surface area contributed by atoms with E-state index in [0.29, 0.717) is 18.7 Å². The van der Waals surface area contributed by atoms with Crippen LogP contribution in [0.5, 0.6) is 0 Å². The Bertz CT molecular complexity index is 770. The molecule has 0 radical (unpaired) electrons. The van der Waals surface area contributed by atoms with Crippen LogP contribution < -0.4 is 0 Å². The zero-order valence-corrected chi connectivity index (χ0v) is 19.6. The van der Waals surface area contributed by atoms with Crippen LogP contribution in [0.4, 0.5) is 0 Å². The van der Waals surface area contributed by atoms with E-state index in [2.05, 4.69) is 50.3 Å². The quantitative estimate of drug-likeness (QED) is 0.208. The number of oxime groups is 2. The molecule has 172 valence electrons. The topological polar surface area (TPSA) is 83.6 Å². The first kappa shape index (κ1) is 26.6. The van der Waals surface area contributed by atoms with Crippen molar-refractivity contribution in [1.82, 2.24) is 0 Å². The second kappa shape index (κ2) is 13.8. The highest BCUT2D eigenvalue weighted by Crippen LogP contribution is 2.34. The van der Waals surface area contributed by atoms with E-state index in [1.54, 1.807) is 6.08 Å². The summed E-state index contributed by atoms with van der Waals surface area (Å²) in [7, 11) is 0. The fraction of sp³-hybridized carbons (Fsp3) is 0.520. The van der Waals surface area contributed by atoms with Crippen LogP contribution in [-0.2, 0) is 9.47 Å². The number of allylic oxidation sites excluding steroid dienone is 4. The summed E-state index contributed by atoms with van der Waals surface area (Å²) in [6.45, 7) is 18.3. The molecule has 1 aliphatic carbocycles. The van der Waals surface area contributed by atoms with Gasteiger partial charge in [-0.05, 0) is 71.1 Å². The van der Waals surface area contributed by atoms with Crippen LogP contribution in [0, 0.1) is 5.92 Å². The Balaban J connectivity index is 0.000000452. The Labute approximate surface area is 187 Å². The standard InChI is InChI=1S/C16H22N2O4.C9H16/c1-10(2)4-5-21-16-7-12(9-17-19)13-8-14(18-20)11(3)6-15(13)22-16;1-8(2)6-5-7-9(3)4/h6-7,9,13,15-16,19-20H,1,4-5,8H2,2-3H3;7H,1,5-6H2,2-4H3/b17-9+,18-14-;. The maximum atomic E-state index is 9.06. The van der Waals surface area contributed by atoms with Gasteiger partial charge in [0.2, 0.25) is 0 Å². The average Bonchev–Trinajstić information content (AvgIpc) is 2.67. The van der Waals surface area contributed by atoms with Gasteiger partial charge in [-0.25, -0.2) is 0 Å². The largest absolute Gasteiger partial charge is 0.411 e. The van der Waals surface area contributed by atoms with E-state index >= 15 is 0 Å². The Morgan fingerprint density at radius 3 is 2.39 bits per heavy atom. The van der Waals surface area contributed by atoms with Crippen molar-refractivity contribution in [2.75, 3.05) is 6.61 Å². The molecule has 6 nitrogen and oxygen atoms in total. The number of hydrogen-bond donors (Lipinski definition) is 2. The van der Waals surface area contributed by atoms with Gasteiger partial charge in [-0.3, -0.25) is 0 Å². The molecule has 0 bridgehead atoms. The van der Waals surface area contributed by atoms with Gasteiger partial charge in [-0.15, -0.1) is 13.2 Å². The first-order valence-corrected chi connectivity index (χ1v) is 10.7. The van der Waals surface area contributed by atoms with Crippen LogP contribution in [-0.4, -0.2) is 41.3 Å². The molecule has 2 rings (SSSR count). The van der Waals surface area contributed by atoms with Gasteiger partial charge in [-0.2, -0.15) is 0 Å². The molecule has 1 heterocycles. The molecule has 2 N–H and O–H groups in total. The minimum atomic E-state index is -0.495. The molecular formula is C25H38N2O4. The molecule has 0 spiro atoms. The Morgan fingerprint density at radius 2 is 1.84 bits per heavy atom. The predicted octanol–water partition coefficient (Wildman–Crippen LogP) is 6.19. The maximum Gasteiger partial charge on any atom is 0.178 e. The number of nitrogens with zero attached hydrogens (tertiary/aromatic N) is 2. The first-order valence-electron chi connectivity index (χ1n) is 10.7. The minimum absolute atomic E-state index is 0.0495. The fourth-order valence-electron chi connectivity index (χ4n) is 3.23. The van der Waals surface area contributed by atoms with Crippen LogP contribution >= 0.6 is 0 Å². The van der Waals surface area contributed by atoms with Gasteiger partial charge in [-0.1, -0.05) is 39.2 Å². The van der Waals surface area contributed by atoms with E-state index in [9.17, 15) is 0 Å². The molecule has 6 heteroatoms. The normalized spacial score (nSPS) is 23.9. The molecule has 3 atom stereocenters. The highest BCUT2D eigenvalue weighted by molar-refractivity contribution is 6.01. The van der Waals surface area contributed by atoms with Gasteiger partial charge in [0, 0.05) is 12.3 Å². The number of hydrogen-bond acceptors (Lipinski definition) is 6. The molecule has 0 aromatic heterocycles. The Hall–Kier alpha value is -2.44. The summed E-state index contributed by atoms with van der Waals surface area (Å²) in [6.07, 6.45) is 10.2. The van der Waals surface area contributed by atoms with Crippen LogP contribution in [0.15, 0.2) is 69.6 Å².